The second-order valence-corrected chi connectivity index (χ2v) is 16.6. The van der Waals surface area contributed by atoms with E-state index in [1.54, 1.807) is 0 Å². The number of H-pyrrole nitrogens is 2. The molecule has 4 aliphatic rings. The summed E-state index contributed by atoms with van der Waals surface area (Å²) in [5.74, 6) is 2.23. The van der Waals surface area contributed by atoms with Crippen LogP contribution < -0.4 is 5.32 Å². The zero-order valence-corrected chi connectivity index (χ0v) is 32.7. The molecule has 12 nitrogen and oxygen atoms in total. The van der Waals surface area contributed by atoms with Gasteiger partial charge in [-0.25, -0.2) is 14.8 Å². The summed E-state index contributed by atoms with van der Waals surface area (Å²) in [6.07, 6.45) is 7.97. The van der Waals surface area contributed by atoms with E-state index in [9.17, 15) is 14.4 Å². The van der Waals surface area contributed by atoms with Crippen molar-refractivity contribution in [3.05, 3.63) is 71.6 Å². The van der Waals surface area contributed by atoms with Crippen LogP contribution >= 0.6 is 0 Å². The third kappa shape index (κ3) is 6.83. The number of alkyl carbamates (subject to hydrolysis) is 1. The lowest BCUT2D eigenvalue weighted by atomic mass is 9.93. The Morgan fingerprint density at radius 1 is 0.836 bits per heavy atom. The van der Waals surface area contributed by atoms with Crippen molar-refractivity contribution in [1.29, 1.82) is 0 Å². The Bertz CT molecular complexity index is 2090. The van der Waals surface area contributed by atoms with E-state index in [1.165, 1.54) is 7.11 Å². The summed E-state index contributed by atoms with van der Waals surface area (Å²) in [4.78, 5) is 60.1. The fourth-order valence-corrected chi connectivity index (χ4v) is 9.22. The normalized spacial score (nSPS) is 22.8. The molecule has 0 radical (unpaired) electrons. The first-order chi connectivity index (χ1) is 26.5. The van der Waals surface area contributed by atoms with Crippen molar-refractivity contribution in [2.45, 2.75) is 104 Å². The van der Waals surface area contributed by atoms with Crippen LogP contribution in [-0.2, 0) is 32.3 Å². The van der Waals surface area contributed by atoms with E-state index in [2.05, 4.69) is 65.5 Å². The molecule has 0 spiro atoms. The highest BCUT2D eigenvalue weighted by Gasteiger charge is 2.51. The molecule has 2 aromatic heterocycles. The Kier molecular flexibility index (Phi) is 10.0. The third-order valence-corrected chi connectivity index (χ3v) is 12.6. The van der Waals surface area contributed by atoms with Crippen molar-refractivity contribution in [2.24, 2.45) is 23.7 Å². The molecule has 3 amide bonds. The summed E-state index contributed by atoms with van der Waals surface area (Å²) in [7, 11) is 1.31. The maximum absolute atomic E-state index is 14.0. The van der Waals surface area contributed by atoms with Crippen LogP contribution in [0.5, 0.6) is 0 Å². The molecule has 290 valence electrons. The Hall–Kier alpha value is -4.97. The van der Waals surface area contributed by atoms with Crippen LogP contribution in [0.15, 0.2) is 48.8 Å². The number of hydrogen-bond acceptors (Lipinski definition) is 7. The number of methoxy groups -OCH3 is 1. The number of fused-ring (bicyclic) bond motifs is 5. The number of likely N-dealkylation sites (tertiary alicyclic amines) is 2. The van der Waals surface area contributed by atoms with Gasteiger partial charge < -0.3 is 34.6 Å². The maximum Gasteiger partial charge on any atom is 0.407 e. The van der Waals surface area contributed by atoms with Gasteiger partial charge in [0.2, 0.25) is 11.8 Å². The molecule has 5 heterocycles. The summed E-state index contributed by atoms with van der Waals surface area (Å²) in [6.45, 7) is 11.8. The van der Waals surface area contributed by atoms with Gasteiger partial charge in [0.25, 0.3) is 0 Å². The van der Waals surface area contributed by atoms with Crippen LogP contribution in [0.1, 0.15) is 102 Å². The number of amides is 3. The number of hydrogen-bond donors (Lipinski definition) is 3. The van der Waals surface area contributed by atoms with Crippen molar-refractivity contribution in [1.82, 2.24) is 35.1 Å². The van der Waals surface area contributed by atoms with Crippen LogP contribution in [0.4, 0.5) is 4.79 Å². The molecule has 4 aromatic rings. The van der Waals surface area contributed by atoms with E-state index < -0.39 is 12.1 Å². The highest BCUT2D eigenvalue weighted by Crippen LogP contribution is 2.50. The molecule has 6 atom stereocenters. The molecule has 3 N–H and O–H groups in total. The number of nitrogens with one attached hydrogen (secondary N) is 3. The van der Waals surface area contributed by atoms with E-state index in [1.807, 2.05) is 43.0 Å². The van der Waals surface area contributed by atoms with Crippen LogP contribution in [0.3, 0.4) is 0 Å². The topological polar surface area (TPSA) is 146 Å². The predicted molar refractivity (Wildman–Crippen MR) is 208 cm³/mol. The van der Waals surface area contributed by atoms with Gasteiger partial charge in [-0.1, -0.05) is 58.9 Å². The van der Waals surface area contributed by atoms with Gasteiger partial charge in [-0.2, -0.15) is 0 Å². The average Bonchev–Trinajstić information content (AvgIpc) is 4.03. The van der Waals surface area contributed by atoms with Gasteiger partial charge in [-0.3, -0.25) is 9.59 Å². The predicted octanol–water partition coefficient (Wildman–Crippen LogP) is 7.55. The molecule has 8 rings (SSSR count). The molecule has 2 aromatic carbocycles. The molecule has 12 heteroatoms. The molecule has 3 aliphatic heterocycles. The lowest BCUT2D eigenvalue weighted by Crippen LogP contribution is -2.54. The number of ether oxygens (including phenoxy) is 2. The quantitative estimate of drug-likeness (QED) is 0.160. The van der Waals surface area contributed by atoms with Gasteiger partial charge in [-0.05, 0) is 95.4 Å². The van der Waals surface area contributed by atoms with Crippen molar-refractivity contribution in [3.8, 4) is 33.6 Å². The molecule has 2 saturated heterocycles. The first-order valence-corrected chi connectivity index (χ1v) is 19.9. The number of imidazole rings is 2. The number of piperidine rings is 1. The van der Waals surface area contributed by atoms with Gasteiger partial charge in [0, 0.05) is 18.5 Å². The van der Waals surface area contributed by atoms with E-state index in [0.717, 1.165) is 95.1 Å². The number of aromatic nitrogens is 4. The number of carbonyl (C=O) groups excluding carboxylic acids is 3. The number of nitrogens with zero attached hydrogens (tertiary/aromatic N) is 4. The van der Waals surface area contributed by atoms with Gasteiger partial charge in [0.1, 0.15) is 17.7 Å². The smallest absolute Gasteiger partial charge is 0.407 e. The van der Waals surface area contributed by atoms with Gasteiger partial charge in [-0.15, -0.1) is 0 Å². The summed E-state index contributed by atoms with van der Waals surface area (Å²) in [5, 5.41) is 2.77. The van der Waals surface area contributed by atoms with Crippen molar-refractivity contribution in [3.63, 3.8) is 0 Å². The SMILES string of the molecule is COC(=O)N[C@H](C(=O)N1[C@@H]2CC[C@@H](C2)[C@H]1c1ncc(-c2ccc3c(c2)COCc2cc(-c4cnc([C@@H]5CCCN5C(=O)[C@@H](C)C(C)C)[nH]4)ccc2-3)[nH]1)C(C)C. The van der Waals surface area contributed by atoms with Crippen LogP contribution in [0.2, 0.25) is 0 Å². The van der Waals surface area contributed by atoms with Gasteiger partial charge in [0.15, 0.2) is 0 Å². The van der Waals surface area contributed by atoms with Crippen molar-refractivity contribution in [2.75, 3.05) is 13.7 Å². The number of benzene rings is 2. The van der Waals surface area contributed by atoms with Crippen LogP contribution in [0, 0.1) is 23.7 Å². The Morgan fingerprint density at radius 3 is 2.09 bits per heavy atom. The molecule has 3 fully saturated rings. The highest BCUT2D eigenvalue weighted by molar-refractivity contribution is 5.87. The Balaban J connectivity index is 1.01. The standard InChI is InChI=1S/C43H53N7O5/c1-23(2)25(5)41(51)49-15-7-8-36(49)39-44-19-34(46-39)26-10-13-32-29(16-26)21-55-22-30-17-27(11-14-33(30)32)35-20-45-40(47-35)38-28-9-12-31(18-28)50(38)42(52)37(24(3)4)48-43(53)54-6/h10-11,13-14,16-17,19-20,23-25,28,31,36-38H,7-9,12,15,18,21-22H2,1-6H3,(H,44,46)(H,45,47)(H,48,53)/t25-,28-,31+,36-,37-,38-/m0/s1. The fourth-order valence-electron chi connectivity index (χ4n) is 9.22. The maximum atomic E-state index is 14.0. The molecule has 0 unspecified atom stereocenters. The Labute approximate surface area is 322 Å². The number of carbonyl (C=O) groups is 3. The lowest BCUT2D eigenvalue weighted by molar-refractivity contribution is -0.139. The molecular weight excluding hydrogens is 695 g/mol. The lowest BCUT2D eigenvalue weighted by Gasteiger charge is -2.37. The fraction of sp³-hybridized carbons (Fsp3) is 0.512. The largest absolute Gasteiger partial charge is 0.453 e. The molecule has 1 saturated carbocycles. The molecule has 55 heavy (non-hydrogen) atoms. The second-order valence-electron chi connectivity index (χ2n) is 16.6. The monoisotopic (exact) mass is 747 g/mol. The van der Waals surface area contributed by atoms with Crippen LogP contribution in [-0.4, -0.2) is 73.4 Å². The first kappa shape index (κ1) is 37.0. The summed E-state index contributed by atoms with van der Waals surface area (Å²) in [5.41, 5.74) is 8.32. The number of rotatable bonds is 9. The minimum absolute atomic E-state index is 0.0207. The summed E-state index contributed by atoms with van der Waals surface area (Å²) in [6, 6.07) is 12.2. The Morgan fingerprint density at radius 2 is 1.47 bits per heavy atom. The van der Waals surface area contributed by atoms with E-state index >= 15 is 0 Å². The van der Waals surface area contributed by atoms with E-state index in [0.29, 0.717) is 25.0 Å². The van der Waals surface area contributed by atoms with Crippen LogP contribution in [0.25, 0.3) is 33.6 Å². The van der Waals surface area contributed by atoms with Crippen molar-refractivity contribution >= 4 is 17.9 Å². The third-order valence-electron chi connectivity index (χ3n) is 12.6. The summed E-state index contributed by atoms with van der Waals surface area (Å²) < 4.78 is 11.1. The highest BCUT2D eigenvalue weighted by atomic mass is 16.5. The molecule has 1 aliphatic carbocycles. The zero-order valence-electron chi connectivity index (χ0n) is 32.7. The zero-order chi connectivity index (χ0) is 38.5. The molecular formula is C43H53N7O5. The minimum Gasteiger partial charge on any atom is -0.453 e. The first-order valence-electron chi connectivity index (χ1n) is 19.9. The molecule has 2 bridgehead atoms. The van der Waals surface area contributed by atoms with E-state index in [4.69, 9.17) is 19.4 Å². The average molecular weight is 748 g/mol. The minimum atomic E-state index is -0.678. The number of aromatic amines is 2. The second kappa shape index (κ2) is 14.9. The van der Waals surface area contributed by atoms with Crippen molar-refractivity contribution < 1.29 is 23.9 Å². The van der Waals surface area contributed by atoms with Gasteiger partial charge in [0.05, 0.1) is 56.2 Å². The summed E-state index contributed by atoms with van der Waals surface area (Å²) >= 11 is 0. The van der Waals surface area contributed by atoms with Gasteiger partial charge >= 0.3 is 6.09 Å². The van der Waals surface area contributed by atoms with E-state index in [-0.39, 0.29) is 41.8 Å².